The average Bonchev–Trinajstić information content (AvgIpc) is 2.48. The van der Waals surface area contributed by atoms with E-state index in [0.29, 0.717) is 19.1 Å². The van der Waals surface area contributed by atoms with E-state index in [9.17, 15) is 4.79 Å². The molecule has 1 aliphatic rings. The smallest absolute Gasteiger partial charge is 0.294 e. The van der Waals surface area contributed by atoms with Crippen LogP contribution in [0.25, 0.3) is 0 Å². The molecule has 1 aromatic carbocycles. The van der Waals surface area contributed by atoms with Gasteiger partial charge >= 0.3 is 0 Å². The fourth-order valence-electron chi connectivity index (χ4n) is 1.93. The zero-order chi connectivity index (χ0) is 13.7. The van der Waals surface area contributed by atoms with Gasteiger partial charge in [-0.2, -0.15) is 0 Å². The van der Waals surface area contributed by atoms with E-state index in [4.69, 9.17) is 9.47 Å². The van der Waals surface area contributed by atoms with Crippen LogP contribution >= 0.6 is 0 Å². The van der Waals surface area contributed by atoms with Crippen LogP contribution in [0.4, 0.5) is 5.69 Å². The monoisotopic (exact) mass is 261 g/mol. The van der Waals surface area contributed by atoms with E-state index < -0.39 is 0 Å². The Bertz CT molecular complexity index is 482. The maximum absolute atomic E-state index is 12.0. The summed E-state index contributed by atoms with van der Waals surface area (Å²) in [6.45, 7) is 5.17. The molecule has 0 aliphatic carbocycles. The topological polar surface area (TPSA) is 47.6 Å². The van der Waals surface area contributed by atoms with Crippen molar-refractivity contribution < 1.29 is 14.3 Å². The summed E-state index contributed by atoms with van der Waals surface area (Å²) in [5.41, 5.74) is 1.97. The quantitative estimate of drug-likeness (QED) is 0.906. The average molecular weight is 261 g/mol. The molecule has 0 spiro atoms. The van der Waals surface area contributed by atoms with Gasteiger partial charge in [-0.05, 0) is 24.0 Å². The Labute approximate surface area is 113 Å². The molecular weight excluding hydrogens is 242 g/mol. The minimum absolute atomic E-state index is 0.227. The third kappa shape index (κ3) is 3.28. The minimum Gasteiger partial charge on any atom is -0.494 e. The Hall–Kier alpha value is -1.97. The molecule has 1 atom stereocenters. The van der Waals surface area contributed by atoms with Crippen molar-refractivity contribution in [1.29, 1.82) is 0 Å². The van der Waals surface area contributed by atoms with Crippen molar-refractivity contribution in [3.05, 3.63) is 41.9 Å². The molecule has 0 fully saturated rings. The lowest BCUT2D eigenvalue weighted by Crippen LogP contribution is -2.21. The summed E-state index contributed by atoms with van der Waals surface area (Å²) in [5.74, 6) is 0.356. The van der Waals surface area contributed by atoms with Crippen LogP contribution in [0.3, 0.4) is 0 Å². The second-order valence-electron chi connectivity index (χ2n) is 4.55. The molecular formula is C15H19NO3. The summed E-state index contributed by atoms with van der Waals surface area (Å²) >= 11 is 0. The molecule has 1 aromatic rings. The molecule has 0 radical (unpaired) electrons. The second-order valence-corrected chi connectivity index (χ2v) is 4.55. The molecule has 0 saturated heterocycles. The Balaban J connectivity index is 2.14. The number of amides is 1. The lowest BCUT2D eigenvalue weighted by Gasteiger charge is -2.18. The van der Waals surface area contributed by atoms with Gasteiger partial charge in [-0.1, -0.05) is 32.0 Å². The van der Waals surface area contributed by atoms with Crippen LogP contribution in [0.15, 0.2) is 36.3 Å². The second kappa shape index (κ2) is 6.27. The van der Waals surface area contributed by atoms with Gasteiger partial charge in [0.15, 0.2) is 0 Å². The Morgan fingerprint density at radius 1 is 1.37 bits per heavy atom. The van der Waals surface area contributed by atoms with E-state index in [-0.39, 0.29) is 11.7 Å². The Morgan fingerprint density at radius 2 is 2.16 bits per heavy atom. The predicted molar refractivity (Wildman–Crippen MR) is 73.8 cm³/mol. The van der Waals surface area contributed by atoms with Gasteiger partial charge < -0.3 is 14.8 Å². The Kier molecular flexibility index (Phi) is 4.44. The van der Waals surface area contributed by atoms with Crippen molar-refractivity contribution in [2.75, 3.05) is 18.5 Å². The predicted octanol–water partition coefficient (Wildman–Crippen LogP) is 3.03. The van der Waals surface area contributed by atoms with E-state index in [1.807, 2.05) is 24.3 Å². The summed E-state index contributed by atoms with van der Waals surface area (Å²) in [5, 5.41) is 2.88. The molecule has 1 heterocycles. The van der Waals surface area contributed by atoms with Gasteiger partial charge in [0, 0.05) is 5.69 Å². The number of nitrogens with one attached hydrogen (secondary N) is 1. The lowest BCUT2D eigenvalue weighted by molar-refractivity contribution is -0.117. The van der Waals surface area contributed by atoms with Crippen molar-refractivity contribution in [2.24, 2.45) is 0 Å². The molecule has 0 bridgehead atoms. The number of anilines is 1. The highest BCUT2D eigenvalue weighted by Crippen LogP contribution is 2.26. The first kappa shape index (κ1) is 13.5. The standard InChI is InChI=1S/C15H19NO3/c1-3-11(2)12-6-4-5-7-13(12)16-15(17)14-10-18-8-9-19-14/h4-7,10-11H,3,8-9H2,1-2H3,(H,16,17)/t11-/m0/s1. The summed E-state index contributed by atoms with van der Waals surface area (Å²) in [6, 6.07) is 7.84. The molecule has 0 unspecified atom stereocenters. The summed E-state index contributed by atoms with van der Waals surface area (Å²) in [7, 11) is 0. The van der Waals surface area contributed by atoms with E-state index in [2.05, 4.69) is 19.2 Å². The zero-order valence-corrected chi connectivity index (χ0v) is 11.3. The van der Waals surface area contributed by atoms with Crippen LogP contribution < -0.4 is 5.32 Å². The maximum Gasteiger partial charge on any atom is 0.294 e. The van der Waals surface area contributed by atoms with Crippen LogP contribution in [0.1, 0.15) is 31.7 Å². The normalized spacial score (nSPS) is 15.8. The fourth-order valence-corrected chi connectivity index (χ4v) is 1.93. The largest absolute Gasteiger partial charge is 0.494 e. The van der Waals surface area contributed by atoms with Gasteiger partial charge in [0.1, 0.15) is 19.5 Å². The van der Waals surface area contributed by atoms with Crippen LogP contribution in [-0.4, -0.2) is 19.1 Å². The maximum atomic E-state index is 12.0. The molecule has 1 N–H and O–H groups in total. The highest BCUT2D eigenvalue weighted by Gasteiger charge is 2.17. The number of hydrogen-bond donors (Lipinski definition) is 1. The molecule has 2 rings (SSSR count). The lowest BCUT2D eigenvalue weighted by atomic mass is 9.97. The highest BCUT2D eigenvalue weighted by atomic mass is 16.6. The van der Waals surface area contributed by atoms with Crippen molar-refractivity contribution in [3.8, 4) is 0 Å². The summed E-state index contributed by atoms with van der Waals surface area (Å²) in [6.07, 6.45) is 2.39. The SMILES string of the molecule is CC[C@H](C)c1ccccc1NC(=O)C1=COCCO1. The van der Waals surface area contributed by atoms with Crippen molar-refractivity contribution >= 4 is 11.6 Å². The van der Waals surface area contributed by atoms with Gasteiger partial charge in [-0.15, -0.1) is 0 Å². The number of rotatable bonds is 4. The number of carbonyl (C=O) groups excluding carboxylic acids is 1. The molecule has 0 aromatic heterocycles. The highest BCUT2D eigenvalue weighted by molar-refractivity contribution is 6.02. The number of hydrogen-bond acceptors (Lipinski definition) is 3. The third-order valence-corrected chi connectivity index (χ3v) is 3.23. The van der Waals surface area contributed by atoms with Crippen LogP contribution in [0, 0.1) is 0 Å². The Morgan fingerprint density at radius 3 is 2.84 bits per heavy atom. The zero-order valence-electron chi connectivity index (χ0n) is 11.3. The molecule has 102 valence electrons. The van der Waals surface area contributed by atoms with Crippen LogP contribution in [-0.2, 0) is 14.3 Å². The minimum atomic E-state index is -0.268. The van der Waals surface area contributed by atoms with Gasteiger partial charge in [0.25, 0.3) is 5.91 Å². The first-order valence-corrected chi connectivity index (χ1v) is 6.57. The van der Waals surface area contributed by atoms with E-state index in [1.165, 1.54) is 6.26 Å². The van der Waals surface area contributed by atoms with Crippen molar-refractivity contribution in [3.63, 3.8) is 0 Å². The molecule has 4 heteroatoms. The van der Waals surface area contributed by atoms with Crippen molar-refractivity contribution in [1.82, 2.24) is 0 Å². The van der Waals surface area contributed by atoms with Crippen LogP contribution in [0.2, 0.25) is 0 Å². The van der Waals surface area contributed by atoms with Gasteiger partial charge in [-0.3, -0.25) is 4.79 Å². The van der Waals surface area contributed by atoms with E-state index >= 15 is 0 Å². The fraction of sp³-hybridized carbons (Fsp3) is 0.400. The molecule has 4 nitrogen and oxygen atoms in total. The number of ether oxygens (including phenoxy) is 2. The molecule has 1 aliphatic heterocycles. The van der Waals surface area contributed by atoms with Crippen LogP contribution in [0.5, 0.6) is 0 Å². The summed E-state index contributed by atoms with van der Waals surface area (Å²) in [4.78, 5) is 12.0. The van der Waals surface area contributed by atoms with E-state index in [1.54, 1.807) is 0 Å². The summed E-state index contributed by atoms with van der Waals surface area (Å²) < 4.78 is 10.4. The van der Waals surface area contributed by atoms with Gasteiger partial charge in [0.2, 0.25) is 5.76 Å². The van der Waals surface area contributed by atoms with Gasteiger partial charge in [-0.25, -0.2) is 0 Å². The van der Waals surface area contributed by atoms with E-state index in [0.717, 1.165) is 17.7 Å². The first-order valence-electron chi connectivity index (χ1n) is 6.57. The first-order chi connectivity index (χ1) is 9.22. The number of para-hydroxylation sites is 1. The third-order valence-electron chi connectivity index (χ3n) is 3.23. The van der Waals surface area contributed by atoms with Gasteiger partial charge in [0.05, 0.1) is 0 Å². The number of benzene rings is 1. The van der Waals surface area contributed by atoms with Crippen molar-refractivity contribution in [2.45, 2.75) is 26.2 Å². The number of carbonyl (C=O) groups is 1. The molecule has 19 heavy (non-hydrogen) atoms. The molecule has 0 saturated carbocycles. The molecule has 1 amide bonds.